The lowest BCUT2D eigenvalue weighted by atomic mass is 9.97. The number of morpholine rings is 1. The topological polar surface area (TPSA) is 113 Å². The van der Waals surface area contributed by atoms with Crippen LogP contribution in [0.3, 0.4) is 0 Å². The Labute approximate surface area is 181 Å². The van der Waals surface area contributed by atoms with Crippen LogP contribution in [0.5, 0.6) is 5.88 Å². The Bertz CT molecular complexity index is 1010. The van der Waals surface area contributed by atoms with E-state index < -0.39 is 17.3 Å². The number of aromatic hydroxyl groups is 1. The monoisotopic (exact) mass is 432 g/mol. The normalized spacial score (nSPS) is 17.8. The highest BCUT2D eigenvalue weighted by atomic mass is 16.5. The molecule has 1 aliphatic carbocycles. The molecule has 2 aliphatic rings. The summed E-state index contributed by atoms with van der Waals surface area (Å²) in [5, 5.41) is 21.3. The molecule has 1 saturated heterocycles. The maximum absolute atomic E-state index is 13.2. The molecule has 4 rings (SSSR count). The van der Waals surface area contributed by atoms with Crippen molar-refractivity contribution in [1.82, 2.24) is 24.4 Å². The number of nitrogens with zero attached hydrogens (tertiary/aromatic N) is 4. The van der Waals surface area contributed by atoms with Crippen molar-refractivity contribution < 1.29 is 14.6 Å². The van der Waals surface area contributed by atoms with Crippen molar-refractivity contribution in [3.8, 4) is 5.88 Å². The number of amides is 1. The summed E-state index contributed by atoms with van der Waals surface area (Å²) in [6.45, 7) is 11.2. The second-order valence-corrected chi connectivity index (χ2v) is 9.58. The molecule has 0 atom stereocenters. The number of anilines is 1. The second kappa shape index (κ2) is 8.51. The first-order valence-corrected chi connectivity index (χ1v) is 10.9. The van der Waals surface area contributed by atoms with Gasteiger partial charge in [0.15, 0.2) is 11.4 Å². The minimum atomic E-state index is -0.549. The largest absolute Gasteiger partial charge is 0.492 e. The lowest BCUT2D eigenvalue weighted by Crippen LogP contribution is -2.39. The Hall–Kier alpha value is -2.59. The Kier molecular flexibility index (Phi) is 5.94. The Balaban J connectivity index is 1.64. The van der Waals surface area contributed by atoms with Crippen molar-refractivity contribution in [2.75, 3.05) is 44.7 Å². The molecule has 170 valence electrons. The zero-order valence-electron chi connectivity index (χ0n) is 18.5. The van der Waals surface area contributed by atoms with E-state index in [1.54, 1.807) is 6.07 Å². The molecule has 0 unspecified atom stereocenters. The quantitative estimate of drug-likeness (QED) is 0.595. The average Bonchev–Trinajstić information content (AvgIpc) is 3.41. The molecule has 1 saturated carbocycles. The minimum Gasteiger partial charge on any atom is -0.492 e. The van der Waals surface area contributed by atoms with Crippen LogP contribution in [-0.4, -0.2) is 75.5 Å². The molecule has 2 aromatic rings. The van der Waals surface area contributed by atoms with Gasteiger partial charge in [-0.25, -0.2) is 0 Å². The summed E-state index contributed by atoms with van der Waals surface area (Å²) < 4.78 is 8.18. The molecule has 2 aromatic heterocycles. The molecule has 0 spiro atoms. The van der Waals surface area contributed by atoms with Crippen LogP contribution in [0.1, 0.15) is 44.0 Å². The van der Waals surface area contributed by atoms with Crippen LogP contribution in [0.15, 0.2) is 10.9 Å². The number of rotatable bonds is 7. The maximum atomic E-state index is 13.2. The van der Waals surface area contributed by atoms with Gasteiger partial charge in [-0.1, -0.05) is 20.8 Å². The summed E-state index contributed by atoms with van der Waals surface area (Å²) in [6.07, 6.45) is 1.79. The van der Waals surface area contributed by atoms with E-state index in [4.69, 9.17) is 4.74 Å². The third-order valence-corrected chi connectivity index (χ3v) is 5.46. The standard InChI is InChI=1S/C21H32N6O4/c1-21(2,3)13-26-16-12-15(22-6-7-25-8-10-31-11-9-25)24-27(16)20(30)17(19(26)29)18(28)23-14-4-5-14/h12,14,30H,4-11,13H2,1-3H3,(H,22,24)(H,23,28). The van der Waals surface area contributed by atoms with Gasteiger partial charge in [-0.15, -0.1) is 5.10 Å². The van der Waals surface area contributed by atoms with Gasteiger partial charge in [-0.3, -0.25) is 19.1 Å². The van der Waals surface area contributed by atoms with E-state index in [9.17, 15) is 14.7 Å². The third kappa shape index (κ3) is 5.01. The van der Waals surface area contributed by atoms with Gasteiger partial charge in [0.2, 0.25) is 5.88 Å². The number of hydrogen-bond donors (Lipinski definition) is 3. The van der Waals surface area contributed by atoms with Gasteiger partial charge in [0, 0.05) is 44.8 Å². The van der Waals surface area contributed by atoms with Crippen LogP contribution in [0, 0.1) is 5.41 Å². The highest BCUT2D eigenvalue weighted by molar-refractivity contribution is 5.96. The van der Waals surface area contributed by atoms with Crippen molar-refractivity contribution in [1.29, 1.82) is 0 Å². The SMILES string of the molecule is CC(C)(C)Cn1c(=O)c(C(=O)NC2CC2)c(O)n2nc(NCCN3CCOCC3)cc12. The fraction of sp³-hybridized carbons (Fsp3) is 0.667. The second-order valence-electron chi connectivity index (χ2n) is 9.58. The summed E-state index contributed by atoms with van der Waals surface area (Å²) in [5.74, 6) is -0.429. The first-order valence-electron chi connectivity index (χ1n) is 10.9. The van der Waals surface area contributed by atoms with E-state index in [0.717, 1.165) is 45.7 Å². The van der Waals surface area contributed by atoms with E-state index in [1.807, 2.05) is 20.8 Å². The summed E-state index contributed by atoms with van der Waals surface area (Å²) in [7, 11) is 0. The van der Waals surface area contributed by atoms with Crippen LogP contribution in [-0.2, 0) is 11.3 Å². The van der Waals surface area contributed by atoms with Crippen LogP contribution >= 0.6 is 0 Å². The molecule has 0 radical (unpaired) electrons. The average molecular weight is 433 g/mol. The fourth-order valence-electron chi connectivity index (χ4n) is 3.72. The van der Waals surface area contributed by atoms with Crippen molar-refractivity contribution >= 4 is 17.4 Å². The number of nitrogens with one attached hydrogen (secondary N) is 2. The van der Waals surface area contributed by atoms with Gasteiger partial charge in [0.1, 0.15) is 5.65 Å². The van der Waals surface area contributed by atoms with Gasteiger partial charge in [0.05, 0.1) is 13.2 Å². The molecular formula is C21H32N6O4. The van der Waals surface area contributed by atoms with Crippen molar-refractivity contribution in [3.05, 3.63) is 22.0 Å². The first kappa shape index (κ1) is 21.6. The van der Waals surface area contributed by atoms with E-state index in [1.165, 1.54) is 9.08 Å². The van der Waals surface area contributed by atoms with Crippen LogP contribution in [0.25, 0.3) is 5.65 Å². The lowest BCUT2D eigenvalue weighted by Gasteiger charge is -2.26. The predicted octanol–water partition coefficient (Wildman–Crippen LogP) is 0.884. The van der Waals surface area contributed by atoms with E-state index in [-0.39, 0.29) is 17.0 Å². The van der Waals surface area contributed by atoms with Crippen molar-refractivity contribution in [2.24, 2.45) is 5.41 Å². The summed E-state index contributed by atoms with van der Waals surface area (Å²) in [4.78, 5) is 28.2. The van der Waals surface area contributed by atoms with Gasteiger partial charge < -0.3 is 20.5 Å². The zero-order valence-corrected chi connectivity index (χ0v) is 18.5. The van der Waals surface area contributed by atoms with Crippen LogP contribution in [0.4, 0.5) is 5.82 Å². The number of fused-ring (bicyclic) bond motifs is 1. The zero-order chi connectivity index (χ0) is 22.2. The van der Waals surface area contributed by atoms with Crippen molar-refractivity contribution in [2.45, 2.75) is 46.2 Å². The maximum Gasteiger partial charge on any atom is 0.270 e. The minimum absolute atomic E-state index is 0.0769. The number of hydrogen-bond acceptors (Lipinski definition) is 7. The molecular weight excluding hydrogens is 400 g/mol. The fourth-order valence-corrected chi connectivity index (χ4v) is 3.72. The molecule has 3 N–H and O–H groups in total. The molecule has 3 heterocycles. The summed E-state index contributed by atoms with van der Waals surface area (Å²) in [6, 6.07) is 1.82. The van der Waals surface area contributed by atoms with Crippen molar-refractivity contribution in [3.63, 3.8) is 0 Å². The van der Waals surface area contributed by atoms with E-state index >= 15 is 0 Å². The molecule has 2 fully saturated rings. The highest BCUT2D eigenvalue weighted by Gasteiger charge is 2.30. The van der Waals surface area contributed by atoms with Gasteiger partial charge >= 0.3 is 0 Å². The molecule has 10 nitrogen and oxygen atoms in total. The number of aromatic nitrogens is 3. The third-order valence-electron chi connectivity index (χ3n) is 5.46. The molecule has 10 heteroatoms. The molecule has 31 heavy (non-hydrogen) atoms. The summed E-state index contributed by atoms with van der Waals surface area (Å²) in [5.41, 5.74) is -0.515. The predicted molar refractivity (Wildman–Crippen MR) is 117 cm³/mol. The van der Waals surface area contributed by atoms with Crippen LogP contribution < -0.4 is 16.2 Å². The highest BCUT2D eigenvalue weighted by Crippen LogP contribution is 2.24. The number of ether oxygens (including phenoxy) is 1. The molecule has 1 aliphatic heterocycles. The summed E-state index contributed by atoms with van der Waals surface area (Å²) >= 11 is 0. The van der Waals surface area contributed by atoms with E-state index in [2.05, 4.69) is 20.6 Å². The van der Waals surface area contributed by atoms with Gasteiger partial charge in [-0.2, -0.15) is 4.52 Å². The molecule has 0 bridgehead atoms. The lowest BCUT2D eigenvalue weighted by molar-refractivity contribution is 0.0398. The van der Waals surface area contributed by atoms with Gasteiger partial charge in [0.25, 0.3) is 11.5 Å². The molecule has 0 aromatic carbocycles. The number of carbonyl (C=O) groups is 1. The van der Waals surface area contributed by atoms with E-state index in [0.29, 0.717) is 24.6 Å². The Morgan fingerprint density at radius 2 is 2.00 bits per heavy atom. The smallest absolute Gasteiger partial charge is 0.270 e. The van der Waals surface area contributed by atoms with Gasteiger partial charge in [-0.05, 0) is 18.3 Å². The van der Waals surface area contributed by atoms with Crippen LogP contribution in [0.2, 0.25) is 0 Å². The molecule has 1 amide bonds. The Morgan fingerprint density at radius 3 is 2.65 bits per heavy atom. The first-order chi connectivity index (χ1) is 14.7. The number of carbonyl (C=O) groups excluding carboxylic acids is 1. The Morgan fingerprint density at radius 1 is 1.29 bits per heavy atom.